The molecule has 3 nitrogen and oxygen atoms in total. The van der Waals surface area contributed by atoms with Gasteiger partial charge in [-0.25, -0.2) is 4.39 Å². The Labute approximate surface area is 128 Å². The van der Waals surface area contributed by atoms with E-state index in [0.29, 0.717) is 10.6 Å². The average Bonchev–Trinajstić information content (AvgIpc) is 2.37. The normalized spacial score (nSPS) is 10.3. The maximum Gasteiger partial charge on any atom is 0.255 e. The number of rotatable bonds is 2. The van der Waals surface area contributed by atoms with E-state index in [1.165, 1.54) is 24.3 Å². The third-order valence-corrected chi connectivity index (χ3v) is 4.04. The van der Waals surface area contributed by atoms with Crippen LogP contribution in [0.5, 0.6) is 0 Å². The smallest absolute Gasteiger partial charge is 0.255 e. The molecular weight excluding hydrogens is 382 g/mol. The van der Waals surface area contributed by atoms with Crippen molar-refractivity contribution in [2.24, 2.45) is 0 Å². The second kappa shape index (κ2) is 5.75. The second-order valence-electron chi connectivity index (χ2n) is 3.79. The van der Waals surface area contributed by atoms with Gasteiger partial charge in [-0.3, -0.25) is 4.79 Å². The number of anilines is 2. The minimum atomic E-state index is -0.579. The Morgan fingerprint density at radius 2 is 2.05 bits per heavy atom. The lowest BCUT2D eigenvalue weighted by Gasteiger charge is -2.09. The van der Waals surface area contributed by atoms with Gasteiger partial charge in [-0.15, -0.1) is 0 Å². The van der Waals surface area contributed by atoms with Crippen LogP contribution in [0.3, 0.4) is 0 Å². The third kappa shape index (κ3) is 3.16. The molecule has 0 saturated carbocycles. The predicted molar refractivity (Wildman–Crippen MR) is 82.9 cm³/mol. The van der Waals surface area contributed by atoms with Crippen LogP contribution >= 0.6 is 34.2 Å². The largest absolute Gasteiger partial charge is 0.397 e. The molecule has 0 spiro atoms. The molecule has 2 aromatic carbocycles. The summed E-state index contributed by atoms with van der Waals surface area (Å²) in [6.07, 6.45) is 0. The number of benzene rings is 2. The van der Waals surface area contributed by atoms with E-state index in [1.54, 1.807) is 12.1 Å². The Morgan fingerprint density at radius 3 is 2.68 bits per heavy atom. The molecule has 0 aromatic heterocycles. The van der Waals surface area contributed by atoms with Crippen LogP contribution in [-0.4, -0.2) is 5.91 Å². The highest BCUT2D eigenvalue weighted by molar-refractivity contribution is 14.1. The van der Waals surface area contributed by atoms with Crippen molar-refractivity contribution in [1.29, 1.82) is 0 Å². The number of para-hydroxylation sites is 1. The summed E-state index contributed by atoms with van der Waals surface area (Å²) in [7, 11) is 0. The summed E-state index contributed by atoms with van der Waals surface area (Å²) >= 11 is 7.99. The standard InChI is InChI=1S/C13H9ClFIN2O/c14-8-6-7(4-5-10(8)16)13(19)18-12-9(15)2-1-3-11(12)17/h1-6H,17H2,(H,18,19). The number of nitrogen functional groups attached to an aromatic ring is 1. The first kappa shape index (κ1) is 14.1. The molecule has 2 aromatic rings. The molecule has 0 atom stereocenters. The zero-order valence-electron chi connectivity index (χ0n) is 9.58. The molecule has 2 rings (SSSR count). The van der Waals surface area contributed by atoms with Gasteiger partial charge in [-0.05, 0) is 52.9 Å². The summed E-state index contributed by atoms with van der Waals surface area (Å²) in [4.78, 5) is 12.0. The average molecular weight is 391 g/mol. The molecule has 3 N–H and O–H groups in total. The van der Waals surface area contributed by atoms with Crippen LogP contribution in [0.2, 0.25) is 5.02 Å². The van der Waals surface area contributed by atoms with Gasteiger partial charge < -0.3 is 11.1 Å². The number of hydrogen-bond donors (Lipinski definition) is 2. The lowest BCUT2D eigenvalue weighted by atomic mass is 10.2. The molecule has 0 radical (unpaired) electrons. The van der Waals surface area contributed by atoms with Crippen LogP contribution in [-0.2, 0) is 0 Å². The molecule has 19 heavy (non-hydrogen) atoms. The number of hydrogen-bond acceptors (Lipinski definition) is 2. The van der Waals surface area contributed by atoms with E-state index < -0.39 is 11.7 Å². The SMILES string of the molecule is Nc1cccc(F)c1NC(=O)c1ccc(I)c(Cl)c1. The van der Waals surface area contributed by atoms with Crippen LogP contribution < -0.4 is 11.1 Å². The molecule has 98 valence electrons. The Balaban J connectivity index is 2.28. The maximum absolute atomic E-state index is 13.5. The van der Waals surface area contributed by atoms with Gasteiger partial charge in [0.2, 0.25) is 0 Å². The van der Waals surface area contributed by atoms with Crippen molar-refractivity contribution >= 4 is 51.5 Å². The van der Waals surface area contributed by atoms with E-state index in [4.69, 9.17) is 17.3 Å². The third-order valence-electron chi connectivity index (χ3n) is 2.47. The summed E-state index contributed by atoms with van der Waals surface area (Å²) in [6, 6.07) is 9.06. The van der Waals surface area contributed by atoms with Crippen LogP contribution in [0.4, 0.5) is 15.8 Å². The van der Waals surface area contributed by atoms with Crippen LogP contribution in [0.1, 0.15) is 10.4 Å². The fourth-order valence-electron chi connectivity index (χ4n) is 1.50. The monoisotopic (exact) mass is 390 g/mol. The number of amides is 1. The molecule has 0 aliphatic heterocycles. The first-order chi connectivity index (χ1) is 8.99. The van der Waals surface area contributed by atoms with E-state index in [1.807, 2.05) is 0 Å². The Bertz CT molecular complexity index is 628. The lowest BCUT2D eigenvalue weighted by Crippen LogP contribution is -2.14. The quantitative estimate of drug-likeness (QED) is 0.603. The number of carbonyl (C=O) groups excluding carboxylic acids is 1. The van der Waals surface area contributed by atoms with Crippen molar-refractivity contribution in [3.63, 3.8) is 0 Å². The Morgan fingerprint density at radius 1 is 1.32 bits per heavy atom. The fraction of sp³-hybridized carbons (Fsp3) is 0. The summed E-state index contributed by atoms with van der Waals surface area (Å²) in [5.74, 6) is -1.04. The summed E-state index contributed by atoms with van der Waals surface area (Å²) < 4.78 is 14.4. The lowest BCUT2D eigenvalue weighted by molar-refractivity contribution is 0.102. The predicted octanol–water partition coefficient (Wildman–Crippen LogP) is 3.92. The number of halogens is 3. The first-order valence-corrected chi connectivity index (χ1v) is 6.75. The van der Waals surface area contributed by atoms with E-state index >= 15 is 0 Å². The van der Waals surface area contributed by atoms with Crippen molar-refractivity contribution in [1.82, 2.24) is 0 Å². The second-order valence-corrected chi connectivity index (χ2v) is 5.36. The number of nitrogens with one attached hydrogen (secondary N) is 1. The van der Waals surface area contributed by atoms with E-state index in [0.717, 1.165) is 3.57 Å². The van der Waals surface area contributed by atoms with Gasteiger partial charge in [-0.2, -0.15) is 0 Å². The van der Waals surface area contributed by atoms with Crippen molar-refractivity contribution in [3.8, 4) is 0 Å². The van der Waals surface area contributed by atoms with Gasteiger partial charge in [0.1, 0.15) is 11.5 Å². The summed E-state index contributed by atoms with van der Waals surface area (Å²) in [6.45, 7) is 0. The fourth-order valence-corrected chi connectivity index (χ4v) is 2.01. The highest BCUT2D eigenvalue weighted by Crippen LogP contribution is 2.24. The van der Waals surface area contributed by atoms with Gasteiger partial charge in [0.25, 0.3) is 5.91 Å². The molecule has 0 heterocycles. The van der Waals surface area contributed by atoms with Gasteiger partial charge >= 0.3 is 0 Å². The van der Waals surface area contributed by atoms with E-state index in [9.17, 15) is 9.18 Å². The molecule has 0 aliphatic rings. The molecule has 0 saturated heterocycles. The number of carbonyl (C=O) groups is 1. The molecule has 1 amide bonds. The van der Waals surface area contributed by atoms with Crippen molar-refractivity contribution in [2.75, 3.05) is 11.1 Å². The van der Waals surface area contributed by atoms with Crippen molar-refractivity contribution in [2.45, 2.75) is 0 Å². The topological polar surface area (TPSA) is 55.1 Å². The Hall–Kier alpha value is -1.34. The summed E-state index contributed by atoms with van der Waals surface area (Å²) in [5, 5.41) is 2.91. The first-order valence-electron chi connectivity index (χ1n) is 5.29. The highest BCUT2D eigenvalue weighted by Gasteiger charge is 2.12. The maximum atomic E-state index is 13.5. The molecular formula is C13H9ClFIN2O. The van der Waals surface area contributed by atoms with E-state index in [2.05, 4.69) is 27.9 Å². The van der Waals surface area contributed by atoms with Gasteiger partial charge in [0.15, 0.2) is 0 Å². The summed E-state index contributed by atoms with van der Waals surface area (Å²) in [5.41, 5.74) is 6.11. The Kier molecular flexibility index (Phi) is 4.26. The van der Waals surface area contributed by atoms with Crippen LogP contribution in [0.25, 0.3) is 0 Å². The molecule has 0 aliphatic carbocycles. The van der Waals surface area contributed by atoms with Crippen molar-refractivity contribution < 1.29 is 9.18 Å². The van der Waals surface area contributed by atoms with E-state index in [-0.39, 0.29) is 11.4 Å². The molecule has 0 fully saturated rings. The van der Waals surface area contributed by atoms with Crippen molar-refractivity contribution in [3.05, 3.63) is 56.4 Å². The van der Waals surface area contributed by atoms with Gasteiger partial charge in [0, 0.05) is 9.13 Å². The zero-order chi connectivity index (χ0) is 14.0. The van der Waals surface area contributed by atoms with Crippen LogP contribution in [0, 0.1) is 9.39 Å². The number of nitrogens with two attached hydrogens (primary N) is 1. The minimum Gasteiger partial charge on any atom is -0.397 e. The highest BCUT2D eigenvalue weighted by atomic mass is 127. The van der Waals surface area contributed by atoms with Gasteiger partial charge in [0.05, 0.1) is 10.7 Å². The van der Waals surface area contributed by atoms with Gasteiger partial charge in [-0.1, -0.05) is 17.7 Å². The molecule has 0 unspecified atom stereocenters. The van der Waals surface area contributed by atoms with Crippen LogP contribution in [0.15, 0.2) is 36.4 Å². The molecule has 0 bridgehead atoms. The molecule has 6 heteroatoms. The zero-order valence-corrected chi connectivity index (χ0v) is 12.5. The minimum absolute atomic E-state index is 0.0258.